The molecular weight excluding hydrogens is 297 g/mol. The Balaban J connectivity index is 3.94. The van der Waals surface area contributed by atoms with Gasteiger partial charge in [-0.05, 0) is 12.8 Å². The molecule has 0 saturated carbocycles. The Labute approximate surface area is 137 Å². The summed E-state index contributed by atoms with van der Waals surface area (Å²) in [6, 6.07) is 0. The first kappa shape index (κ1) is 22.1. The second kappa shape index (κ2) is 14.7. The Morgan fingerprint density at radius 1 is 0.818 bits per heavy atom. The van der Waals surface area contributed by atoms with Crippen LogP contribution in [0.25, 0.3) is 0 Å². The lowest BCUT2D eigenvalue weighted by molar-refractivity contribution is 0.253. The van der Waals surface area contributed by atoms with Gasteiger partial charge in [-0.15, -0.1) is 0 Å². The van der Waals surface area contributed by atoms with E-state index < -0.39 is 7.60 Å². The third-order valence-electron chi connectivity index (χ3n) is 4.39. The van der Waals surface area contributed by atoms with Gasteiger partial charge in [0.05, 0.1) is 5.66 Å². The van der Waals surface area contributed by atoms with E-state index in [-0.39, 0.29) is 5.66 Å². The van der Waals surface area contributed by atoms with Crippen molar-refractivity contribution in [3.05, 3.63) is 0 Å². The molecule has 0 aliphatic carbocycles. The highest BCUT2D eigenvalue weighted by Crippen LogP contribution is 2.49. The van der Waals surface area contributed by atoms with Crippen molar-refractivity contribution in [2.75, 3.05) is 0 Å². The smallest absolute Gasteiger partial charge is 0.323 e. The van der Waals surface area contributed by atoms with Gasteiger partial charge in [-0.3, -0.25) is 4.57 Å². The predicted molar refractivity (Wildman–Crippen MR) is 94.9 cm³/mol. The molecule has 0 aromatic rings. The summed E-state index contributed by atoms with van der Waals surface area (Å²) in [5.41, 5.74) is -0.283. The van der Waals surface area contributed by atoms with Gasteiger partial charge < -0.3 is 4.89 Å². The number of unbranched alkanes of at least 4 members (excludes halogenated alkanes) is 10. The average molecular weight is 335 g/mol. The van der Waals surface area contributed by atoms with Crippen molar-refractivity contribution >= 4 is 7.60 Å². The van der Waals surface area contributed by atoms with Gasteiger partial charge in [0.1, 0.15) is 0 Å². The van der Waals surface area contributed by atoms with Crippen LogP contribution in [0.5, 0.6) is 0 Å². The summed E-state index contributed by atoms with van der Waals surface area (Å²) in [5, 5.41) is 0. The lowest BCUT2D eigenvalue weighted by atomic mass is 10.0. The molecule has 0 spiro atoms. The zero-order valence-corrected chi connectivity index (χ0v) is 15.7. The van der Waals surface area contributed by atoms with Crippen LogP contribution in [0.4, 0.5) is 0 Å². The Kier molecular flexibility index (Phi) is 14.8. The Morgan fingerprint density at radius 2 is 1.18 bits per heavy atom. The van der Waals surface area contributed by atoms with E-state index >= 15 is 0 Å². The maximum absolute atomic E-state index is 12.0. The molecule has 4 nitrogen and oxygen atoms in total. The summed E-state index contributed by atoms with van der Waals surface area (Å²) < 4.78 is 16.4. The predicted octanol–water partition coefficient (Wildman–Crippen LogP) is 5.93. The van der Waals surface area contributed by atoms with Crippen LogP contribution in [-0.2, 0) is 9.19 Å². The van der Waals surface area contributed by atoms with Gasteiger partial charge >= 0.3 is 7.60 Å². The van der Waals surface area contributed by atoms with Crippen LogP contribution in [0, 0.1) is 0 Å². The SMILES string of the molecule is CCCCCCCCC(CCCCCCCC)P(=O)(O)ON. The van der Waals surface area contributed by atoms with Crippen LogP contribution in [0.3, 0.4) is 0 Å². The highest BCUT2D eigenvalue weighted by atomic mass is 31.2. The summed E-state index contributed by atoms with van der Waals surface area (Å²) in [4.78, 5) is 9.87. The fourth-order valence-corrected chi connectivity index (χ4v) is 4.07. The molecule has 5 heteroatoms. The fraction of sp³-hybridized carbons (Fsp3) is 1.00. The van der Waals surface area contributed by atoms with E-state index in [4.69, 9.17) is 5.90 Å². The summed E-state index contributed by atoms with van der Waals surface area (Å²) in [6.45, 7) is 4.41. The van der Waals surface area contributed by atoms with E-state index in [9.17, 15) is 9.46 Å². The molecule has 0 amide bonds. The summed E-state index contributed by atoms with van der Waals surface area (Å²) in [7, 11) is -3.63. The number of hydrogen-bond donors (Lipinski definition) is 2. The Bertz CT molecular complexity index is 271. The average Bonchev–Trinajstić information content (AvgIpc) is 2.51. The van der Waals surface area contributed by atoms with Crippen molar-refractivity contribution < 1.29 is 14.1 Å². The minimum atomic E-state index is -3.63. The molecule has 0 saturated heterocycles. The molecule has 1 atom stereocenters. The van der Waals surface area contributed by atoms with Crippen molar-refractivity contribution in [2.24, 2.45) is 5.90 Å². The maximum Gasteiger partial charge on any atom is 0.347 e. The molecule has 22 heavy (non-hydrogen) atoms. The maximum atomic E-state index is 12.0. The summed E-state index contributed by atoms with van der Waals surface area (Å²) >= 11 is 0. The fourth-order valence-electron chi connectivity index (χ4n) is 2.88. The first-order chi connectivity index (χ1) is 10.6. The van der Waals surface area contributed by atoms with Gasteiger partial charge in [-0.2, -0.15) is 0 Å². The van der Waals surface area contributed by atoms with E-state index in [1.165, 1.54) is 51.4 Å². The molecule has 0 aromatic heterocycles. The highest BCUT2D eigenvalue weighted by Gasteiger charge is 2.30. The molecule has 0 aliphatic heterocycles. The topological polar surface area (TPSA) is 72.5 Å². The third-order valence-corrected chi connectivity index (χ3v) is 6.14. The normalized spacial score (nSPS) is 14.4. The molecule has 0 fully saturated rings. The van der Waals surface area contributed by atoms with Gasteiger partial charge in [0.25, 0.3) is 0 Å². The van der Waals surface area contributed by atoms with Crippen LogP contribution in [0.1, 0.15) is 104 Å². The number of nitrogens with two attached hydrogens (primary N) is 1. The molecule has 3 N–H and O–H groups in total. The molecule has 0 rings (SSSR count). The Hall–Kier alpha value is 0.110. The van der Waals surface area contributed by atoms with Crippen LogP contribution < -0.4 is 5.90 Å². The first-order valence-corrected chi connectivity index (χ1v) is 10.9. The van der Waals surface area contributed by atoms with Gasteiger partial charge in [-0.25, -0.2) is 10.5 Å². The second-order valence-electron chi connectivity index (χ2n) is 6.44. The molecule has 1 unspecified atom stereocenters. The van der Waals surface area contributed by atoms with Crippen LogP contribution in [0.2, 0.25) is 0 Å². The quantitative estimate of drug-likeness (QED) is 0.208. The van der Waals surface area contributed by atoms with E-state index in [1.807, 2.05) is 0 Å². The van der Waals surface area contributed by atoms with Gasteiger partial charge in [0.2, 0.25) is 0 Å². The second-order valence-corrected chi connectivity index (χ2v) is 8.51. The third kappa shape index (κ3) is 11.6. The highest BCUT2D eigenvalue weighted by molar-refractivity contribution is 7.53. The molecular formula is C17H38NO3P. The first-order valence-electron chi connectivity index (χ1n) is 9.29. The van der Waals surface area contributed by atoms with Crippen LogP contribution in [-0.4, -0.2) is 10.6 Å². The summed E-state index contributed by atoms with van der Waals surface area (Å²) in [6.07, 6.45) is 15.8. The lowest BCUT2D eigenvalue weighted by Gasteiger charge is -2.20. The van der Waals surface area contributed by atoms with Crippen molar-refractivity contribution in [3.63, 3.8) is 0 Å². The van der Waals surface area contributed by atoms with Crippen molar-refractivity contribution in [1.82, 2.24) is 0 Å². The number of rotatable bonds is 16. The number of hydrogen-bond acceptors (Lipinski definition) is 3. The van der Waals surface area contributed by atoms with E-state index in [0.29, 0.717) is 0 Å². The minimum Gasteiger partial charge on any atom is -0.323 e. The molecule has 0 heterocycles. The lowest BCUT2D eigenvalue weighted by Crippen LogP contribution is -2.13. The van der Waals surface area contributed by atoms with Crippen LogP contribution >= 0.6 is 7.60 Å². The van der Waals surface area contributed by atoms with E-state index in [2.05, 4.69) is 18.5 Å². The Morgan fingerprint density at radius 3 is 1.55 bits per heavy atom. The van der Waals surface area contributed by atoms with E-state index in [1.54, 1.807) is 0 Å². The molecule has 0 bridgehead atoms. The van der Waals surface area contributed by atoms with E-state index in [0.717, 1.165) is 38.5 Å². The molecule has 0 aromatic carbocycles. The molecule has 0 radical (unpaired) electrons. The van der Waals surface area contributed by atoms with Crippen molar-refractivity contribution in [1.29, 1.82) is 0 Å². The monoisotopic (exact) mass is 335 g/mol. The largest absolute Gasteiger partial charge is 0.347 e. The van der Waals surface area contributed by atoms with Crippen molar-refractivity contribution in [2.45, 2.75) is 109 Å². The molecule has 134 valence electrons. The van der Waals surface area contributed by atoms with Gasteiger partial charge in [0, 0.05) is 0 Å². The zero-order valence-electron chi connectivity index (χ0n) is 14.8. The van der Waals surface area contributed by atoms with Crippen LogP contribution in [0.15, 0.2) is 0 Å². The molecule has 0 aliphatic rings. The van der Waals surface area contributed by atoms with Gasteiger partial charge in [-0.1, -0.05) is 90.9 Å². The summed E-state index contributed by atoms with van der Waals surface area (Å²) in [5.74, 6) is 5.03. The van der Waals surface area contributed by atoms with Crippen molar-refractivity contribution in [3.8, 4) is 0 Å². The zero-order chi connectivity index (χ0) is 16.7. The minimum absolute atomic E-state index is 0.283. The van der Waals surface area contributed by atoms with Gasteiger partial charge in [0.15, 0.2) is 0 Å². The standard InChI is InChI=1S/C17H38NO3P/c1-3-5-7-9-11-13-15-17(22(19,20)21-18)16-14-12-10-8-6-4-2/h17H,3-16,18H2,1-2H3,(H,19,20).